The molecule has 0 spiro atoms. The number of halogens is 1. The van der Waals surface area contributed by atoms with Crippen LogP contribution in [-0.4, -0.2) is 46.5 Å². The van der Waals surface area contributed by atoms with Gasteiger partial charge >= 0.3 is 14.2 Å². The lowest BCUT2D eigenvalue weighted by Gasteiger charge is -2.32. The van der Waals surface area contributed by atoms with Gasteiger partial charge in [-0.2, -0.15) is 0 Å². The smallest absolute Gasteiger partial charge is 0.399 e. The van der Waals surface area contributed by atoms with Crippen molar-refractivity contribution in [1.29, 1.82) is 0 Å². The molecule has 0 saturated carbocycles. The number of rotatable bonds is 5. The summed E-state index contributed by atoms with van der Waals surface area (Å²) < 4.78 is 27.8. The Morgan fingerprint density at radius 2 is 1.03 bits per heavy atom. The third kappa shape index (κ3) is 4.10. The van der Waals surface area contributed by atoms with Crippen LogP contribution < -0.4 is 10.9 Å². The number of hydrogen-bond donors (Lipinski definition) is 0. The molecule has 0 unspecified atom stereocenters. The molecule has 2 aliphatic heterocycles. The summed E-state index contributed by atoms with van der Waals surface area (Å²) in [7, 11) is -0.764. The van der Waals surface area contributed by atoms with E-state index in [1.165, 1.54) is 21.8 Å². The second-order valence-electron chi connectivity index (χ2n) is 11.9. The second-order valence-corrected chi connectivity index (χ2v) is 12.7. The molecule has 0 aliphatic carbocycles. The van der Waals surface area contributed by atoms with Crippen molar-refractivity contribution >= 4 is 62.9 Å². The number of benzene rings is 2. The molecular formula is C27H36B2BrNO4. The first-order valence-electron chi connectivity index (χ1n) is 12.6. The van der Waals surface area contributed by atoms with Gasteiger partial charge in [0.05, 0.1) is 22.4 Å². The fourth-order valence-corrected chi connectivity index (χ4v) is 5.09. The SMILES string of the molecule is CC1(C)OB(c2ccc3c4ccc(B5OC(C)(C)C(C)(C)O5)cc4n(CCCBr)c3c2)OC1(C)C. The third-order valence-corrected chi connectivity index (χ3v) is 9.04. The Labute approximate surface area is 218 Å². The fraction of sp³-hybridized carbons (Fsp3) is 0.556. The minimum absolute atomic E-state index is 0.368. The maximum absolute atomic E-state index is 6.35. The third-order valence-electron chi connectivity index (χ3n) is 8.48. The molecule has 0 N–H and O–H groups in total. The topological polar surface area (TPSA) is 41.9 Å². The van der Waals surface area contributed by atoms with Gasteiger partial charge in [-0.25, -0.2) is 0 Å². The van der Waals surface area contributed by atoms with Crippen LogP contribution in [0.5, 0.6) is 0 Å². The Bertz CT molecular complexity index is 1160. The minimum atomic E-state index is -0.382. The van der Waals surface area contributed by atoms with Crippen LogP contribution in [0.15, 0.2) is 36.4 Å². The molecular weight excluding hydrogens is 504 g/mol. The highest BCUT2D eigenvalue weighted by atomic mass is 79.9. The van der Waals surface area contributed by atoms with Crippen molar-refractivity contribution < 1.29 is 18.6 Å². The van der Waals surface area contributed by atoms with E-state index in [4.69, 9.17) is 18.6 Å². The van der Waals surface area contributed by atoms with E-state index in [1.54, 1.807) is 0 Å². The van der Waals surface area contributed by atoms with Crippen molar-refractivity contribution in [2.24, 2.45) is 0 Å². The predicted molar refractivity (Wildman–Crippen MR) is 149 cm³/mol. The molecule has 2 aromatic carbocycles. The van der Waals surface area contributed by atoms with Gasteiger partial charge in [0, 0.05) is 33.7 Å². The average molecular weight is 540 g/mol. The van der Waals surface area contributed by atoms with Crippen molar-refractivity contribution in [3.63, 3.8) is 0 Å². The molecule has 3 heterocycles. The number of aromatic nitrogens is 1. The molecule has 2 saturated heterocycles. The highest BCUT2D eigenvalue weighted by molar-refractivity contribution is 9.09. The Hall–Kier alpha value is -1.31. The van der Waals surface area contributed by atoms with Crippen molar-refractivity contribution in [3.8, 4) is 0 Å². The van der Waals surface area contributed by atoms with E-state index in [-0.39, 0.29) is 36.6 Å². The lowest BCUT2D eigenvalue weighted by molar-refractivity contribution is 0.00578. The quantitative estimate of drug-likeness (QED) is 0.331. The Balaban J connectivity index is 1.60. The van der Waals surface area contributed by atoms with Gasteiger partial charge in [0.25, 0.3) is 0 Å². The van der Waals surface area contributed by atoms with E-state index in [0.717, 1.165) is 29.2 Å². The van der Waals surface area contributed by atoms with Gasteiger partial charge in [-0.05, 0) is 84.9 Å². The first kappa shape index (κ1) is 25.3. The largest absolute Gasteiger partial charge is 0.494 e. The molecule has 186 valence electrons. The molecule has 0 radical (unpaired) electrons. The van der Waals surface area contributed by atoms with Crippen LogP contribution in [0.1, 0.15) is 61.8 Å². The summed E-state index contributed by atoms with van der Waals surface area (Å²) in [5.74, 6) is 0. The van der Waals surface area contributed by atoms with Crippen LogP contribution in [0.3, 0.4) is 0 Å². The van der Waals surface area contributed by atoms with Gasteiger partial charge in [-0.3, -0.25) is 0 Å². The molecule has 2 fully saturated rings. The second kappa shape index (κ2) is 8.35. The van der Waals surface area contributed by atoms with E-state index in [9.17, 15) is 0 Å². The maximum Gasteiger partial charge on any atom is 0.494 e. The van der Waals surface area contributed by atoms with E-state index in [2.05, 4.69) is 112 Å². The van der Waals surface area contributed by atoms with Crippen LogP contribution in [0.2, 0.25) is 0 Å². The lowest BCUT2D eigenvalue weighted by atomic mass is 9.78. The molecule has 0 bridgehead atoms. The molecule has 1 aromatic heterocycles. The van der Waals surface area contributed by atoms with E-state index in [0.29, 0.717) is 0 Å². The summed E-state index contributed by atoms with van der Waals surface area (Å²) in [4.78, 5) is 0. The van der Waals surface area contributed by atoms with Crippen LogP contribution in [0, 0.1) is 0 Å². The first-order valence-corrected chi connectivity index (χ1v) is 13.7. The Morgan fingerprint density at radius 3 is 1.37 bits per heavy atom. The number of nitrogens with zero attached hydrogens (tertiary/aromatic N) is 1. The van der Waals surface area contributed by atoms with Gasteiger partial charge in [0.1, 0.15) is 0 Å². The monoisotopic (exact) mass is 539 g/mol. The van der Waals surface area contributed by atoms with E-state index >= 15 is 0 Å². The summed E-state index contributed by atoms with van der Waals surface area (Å²) in [6.07, 6.45) is 1.03. The molecule has 3 aromatic rings. The van der Waals surface area contributed by atoms with Gasteiger partial charge in [0.2, 0.25) is 0 Å². The lowest BCUT2D eigenvalue weighted by Crippen LogP contribution is -2.41. The average Bonchev–Trinajstić information content (AvgIpc) is 3.28. The van der Waals surface area contributed by atoms with Crippen LogP contribution in [-0.2, 0) is 25.2 Å². The summed E-state index contributed by atoms with van der Waals surface area (Å²) in [6, 6.07) is 13.2. The predicted octanol–water partition coefficient (Wildman–Crippen LogP) is 5.18. The zero-order valence-corrected chi connectivity index (χ0v) is 23.8. The highest BCUT2D eigenvalue weighted by Gasteiger charge is 2.52. The van der Waals surface area contributed by atoms with Gasteiger partial charge in [-0.1, -0.05) is 40.2 Å². The molecule has 5 nitrogen and oxygen atoms in total. The van der Waals surface area contributed by atoms with Crippen LogP contribution in [0.25, 0.3) is 21.8 Å². The molecule has 0 atom stereocenters. The van der Waals surface area contributed by atoms with E-state index < -0.39 is 0 Å². The van der Waals surface area contributed by atoms with Gasteiger partial charge in [-0.15, -0.1) is 0 Å². The fourth-order valence-electron chi connectivity index (χ4n) is 4.84. The number of aryl methyl sites for hydroxylation is 1. The molecule has 8 heteroatoms. The summed E-state index contributed by atoms with van der Waals surface area (Å²) in [5.41, 5.74) is 3.01. The number of alkyl halides is 1. The van der Waals surface area contributed by atoms with Crippen molar-refractivity contribution in [1.82, 2.24) is 4.57 Å². The number of fused-ring (bicyclic) bond motifs is 3. The Morgan fingerprint density at radius 1 is 0.657 bits per heavy atom. The maximum atomic E-state index is 6.35. The zero-order chi connectivity index (χ0) is 25.4. The normalized spacial score (nSPS) is 22.5. The van der Waals surface area contributed by atoms with Gasteiger partial charge in [0.15, 0.2) is 0 Å². The number of hydrogen-bond acceptors (Lipinski definition) is 4. The van der Waals surface area contributed by atoms with Crippen molar-refractivity contribution in [2.45, 2.75) is 90.8 Å². The Kier molecular flexibility index (Phi) is 6.05. The van der Waals surface area contributed by atoms with Crippen LogP contribution >= 0.6 is 15.9 Å². The zero-order valence-electron chi connectivity index (χ0n) is 22.2. The first-order chi connectivity index (χ1) is 16.3. The minimum Gasteiger partial charge on any atom is -0.399 e. The van der Waals surface area contributed by atoms with E-state index in [1.807, 2.05) is 0 Å². The van der Waals surface area contributed by atoms with Gasteiger partial charge < -0.3 is 23.2 Å². The molecule has 5 rings (SSSR count). The van der Waals surface area contributed by atoms with Crippen molar-refractivity contribution in [2.75, 3.05) is 5.33 Å². The molecule has 0 amide bonds. The van der Waals surface area contributed by atoms with Crippen LogP contribution in [0.4, 0.5) is 0 Å². The highest BCUT2D eigenvalue weighted by Crippen LogP contribution is 2.38. The summed E-state index contributed by atoms with van der Waals surface area (Å²) in [6.45, 7) is 17.7. The van der Waals surface area contributed by atoms with Crippen molar-refractivity contribution in [3.05, 3.63) is 36.4 Å². The summed E-state index contributed by atoms with van der Waals surface area (Å²) in [5, 5.41) is 3.41. The molecule has 35 heavy (non-hydrogen) atoms. The standard InChI is InChI=1S/C27H36B2BrNO4/c1-24(2)25(3,4)33-28(32-24)18-10-12-20-21-13-11-19(29-34-26(5,6)27(7,8)35-29)17-23(21)31(15-9-14-30)22(20)16-18/h10-13,16-17H,9,14-15H2,1-8H3. The summed E-state index contributed by atoms with van der Waals surface area (Å²) >= 11 is 3.62. The molecule has 2 aliphatic rings.